The van der Waals surface area contributed by atoms with Crippen molar-refractivity contribution in [1.29, 1.82) is 0 Å². The molecule has 120 valence electrons. The number of nitrogens with one attached hydrogen (secondary N) is 2. The van der Waals surface area contributed by atoms with E-state index >= 15 is 0 Å². The Balaban J connectivity index is 1.79. The standard InChI is InChI=1S/C18H20N2O3/c1-13(10-11-14-6-3-2-4-7-14)19-17(22)18(23)20-15-8-5-9-16(21)12-15/h2-9,12-13,21H,10-11H2,1H3,(H,19,22)(H,20,23)/t13-/m0/s1. The highest BCUT2D eigenvalue weighted by Gasteiger charge is 2.16. The second-order valence-electron chi connectivity index (χ2n) is 5.40. The Morgan fingerprint density at radius 3 is 2.48 bits per heavy atom. The van der Waals surface area contributed by atoms with Gasteiger partial charge in [-0.25, -0.2) is 0 Å². The zero-order chi connectivity index (χ0) is 16.7. The van der Waals surface area contributed by atoms with Crippen LogP contribution < -0.4 is 10.6 Å². The van der Waals surface area contributed by atoms with Gasteiger partial charge in [0.15, 0.2) is 0 Å². The topological polar surface area (TPSA) is 78.4 Å². The number of aryl methyl sites for hydroxylation is 1. The lowest BCUT2D eigenvalue weighted by Crippen LogP contribution is -2.40. The van der Waals surface area contributed by atoms with Gasteiger partial charge < -0.3 is 15.7 Å². The molecule has 0 saturated carbocycles. The second kappa shape index (κ2) is 7.98. The lowest BCUT2D eigenvalue weighted by molar-refractivity contribution is -0.136. The number of carbonyl (C=O) groups excluding carboxylic acids is 2. The zero-order valence-corrected chi connectivity index (χ0v) is 13.0. The van der Waals surface area contributed by atoms with Crippen molar-refractivity contribution >= 4 is 17.5 Å². The molecule has 0 radical (unpaired) electrons. The predicted octanol–water partition coefficient (Wildman–Crippen LogP) is 2.47. The summed E-state index contributed by atoms with van der Waals surface area (Å²) in [6.07, 6.45) is 1.58. The van der Waals surface area contributed by atoms with Crippen molar-refractivity contribution in [3.63, 3.8) is 0 Å². The first kappa shape index (κ1) is 16.5. The van der Waals surface area contributed by atoms with Gasteiger partial charge in [-0.2, -0.15) is 0 Å². The monoisotopic (exact) mass is 312 g/mol. The lowest BCUT2D eigenvalue weighted by atomic mass is 10.1. The number of carbonyl (C=O) groups is 2. The van der Waals surface area contributed by atoms with Gasteiger partial charge in [-0.15, -0.1) is 0 Å². The van der Waals surface area contributed by atoms with Gasteiger partial charge in [-0.05, 0) is 37.5 Å². The van der Waals surface area contributed by atoms with Crippen LogP contribution in [0.1, 0.15) is 18.9 Å². The highest BCUT2D eigenvalue weighted by molar-refractivity contribution is 6.39. The van der Waals surface area contributed by atoms with Gasteiger partial charge in [-0.3, -0.25) is 9.59 Å². The lowest BCUT2D eigenvalue weighted by Gasteiger charge is -2.13. The van der Waals surface area contributed by atoms with Crippen LogP contribution in [0.5, 0.6) is 5.75 Å². The van der Waals surface area contributed by atoms with E-state index in [1.165, 1.54) is 17.7 Å². The fourth-order valence-electron chi connectivity index (χ4n) is 2.16. The Hall–Kier alpha value is -2.82. The molecule has 2 aromatic rings. The maximum Gasteiger partial charge on any atom is 0.313 e. The molecule has 5 nitrogen and oxygen atoms in total. The van der Waals surface area contributed by atoms with Crippen molar-refractivity contribution in [2.75, 3.05) is 5.32 Å². The molecule has 0 aliphatic carbocycles. The molecule has 0 aliphatic heterocycles. The van der Waals surface area contributed by atoms with Crippen molar-refractivity contribution in [2.24, 2.45) is 0 Å². The minimum Gasteiger partial charge on any atom is -0.508 e. The third-order valence-electron chi connectivity index (χ3n) is 3.40. The SMILES string of the molecule is C[C@@H](CCc1ccccc1)NC(=O)C(=O)Nc1cccc(O)c1. The first-order chi connectivity index (χ1) is 11.0. The van der Waals surface area contributed by atoms with E-state index < -0.39 is 11.8 Å². The van der Waals surface area contributed by atoms with Gasteiger partial charge in [0.2, 0.25) is 0 Å². The van der Waals surface area contributed by atoms with Gasteiger partial charge in [0.25, 0.3) is 0 Å². The molecule has 0 saturated heterocycles. The average Bonchev–Trinajstić information content (AvgIpc) is 2.54. The summed E-state index contributed by atoms with van der Waals surface area (Å²) >= 11 is 0. The van der Waals surface area contributed by atoms with E-state index in [0.29, 0.717) is 5.69 Å². The molecule has 0 unspecified atom stereocenters. The molecule has 0 fully saturated rings. The van der Waals surface area contributed by atoms with Gasteiger partial charge in [0, 0.05) is 17.8 Å². The van der Waals surface area contributed by atoms with Gasteiger partial charge in [-0.1, -0.05) is 36.4 Å². The van der Waals surface area contributed by atoms with Gasteiger partial charge in [0.1, 0.15) is 5.75 Å². The quantitative estimate of drug-likeness (QED) is 0.742. The summed E-state index contributed by atoms with van der Waals surface area (Å²) in [5.41, 5.74) is 1.57. The number of benzene rings is 2. The Morgan fingerprint density at radius 1 is 1.04 bits per heavy atom. The normalized spacial score (nSPS) is 11.5. The summed E-state index contributed by atoms with van der Waals surface area (Å²) in [6.45, 7) is 1.86. The smallest absolute Gasteiger partial charge is 0.313 e. The molecule has 0 heterocycles. The van der Waals surface area contributed by atoms with Crippen LogP contribution in [0.4, 0.5) is 5.69 Å². The van der Waals surface area contributed by atoms with Crippen LogP contribution in [0, 0.1) is 0 Å². The van der Waals surface area contributed by atoms with Gasteiger partial charge >= 0.3 is 11.8 Å². The number of hydrogen-bond donors (Lipinski definition) is 3. The molecular weight excluding hydrogens is 292 g/mol. The molecule has 0 spiro atoms. The number of rotatable bonds is 5. The summed E-state index contributed by atoms with van der Waals surface area (Å²) in [6, 6.07) is 15.9. The van der Waals surface area contributed by atoms with Crippen LogP contribution in [0.2, 0.25) is 0 Å². The number of amides is 2. The first-order valence-corrected chi connectivity index (χ1v) is 7.49. The molecule has 2 rings (SSSR count). The van der Waals surface area contributed by atoms with Crippen LogP contribution in [-0.4, -0.2) is 23.0 Å². The molecule has 5 heteroatoms. The Bertz CT molecular complexity index is 671. The van der Waals surface area contributed by atoms with E-state index in [9.17, 15) is 14.7 Å². The molecule has 0 aliphatic rings. The molecule has 0 bridgehead atoms. The molecular formula is C18H20N2O3. The number of anilines is 1. The number of aromatic hydroxyl groups is 1. The van der Waals surface area contributed by atoms with E-state index in [1.807, 2.05) is 37.3 Å². The number of phenols is 1. The van der Waals surface area contributed by atoms with Gasteiger partial charge in [0.05, 0.1) is 0 Å². The summed E-state index contributed by atoms with van der Waals surface area (Å²) in [4.78, 5) is 23.7. The molecule has 2 aromatic carbocycles. The third kappa shape index (κ3) is 5.47. The van der Waals surface area contributed by atoms with E-state index in [2.05, 4.69) is 10.6 Å². The van der Waals surface area contributed by atoms with E-state index in [0.717, 1.165) is 12.8 Å². The van der Waals surface area contributed by atoms with Crippen LogP contribution in [0.3, 0.4) is 0 Å². The minimum absolute atomic E-state index is 0.0273. The first-order valence-electron chi connectivity index (χ1n) is 7.49. The van der Waals surface area contributed by atoms with Crippen molar-refractivity contribution in [1.82, 2.24) is 5.32 Å². The molecule has 0 aromatic heterocycles. The van der Waals surface area contributed by atoms with Crippen LogP contribution in [0.15, 0.2) is 54.6 Å². The number of hydrogen-bond acceptors (Lipinski definition) is 3. The number of phenolic OH excluding ortho intramolecular Hbond substituents is 1. The van der Waals surface area contributed by atoms with Crippen molar-refractivity contribution in [3.05, 3.63) is 60.2 Å². The molecule has 3 N–H and O–H groups in total. The summed E-state index contributed by atoms with van der Waals surface area (Å²) in [5.74, 6) is -1.41. The van der Waals surface area contributed by atoms with Crippen molar-refractivity contribution < 1.29 is 14.7 Å². The molecule has 2 amide bonds. The molecule has 1 atom stereocenters. The van der Waals surface area contributed by atoms with E-state index in [1.54, 1.807) is 12.1 Å². The predicted molar refractivity (Wildman–Crippen MR) is 89.1 cm³/mol. The maximum atomic E-state index is 11.9. The van der Waals surface area contributed by atoms with Crippen molar-refractivity contribution in [2.45, 2.75) is 25.8 Å². The summed E-state index contributed by atoms with van der Waals surface area (Å²) in [5, 5.41) is 14.5. The maximum absolute atomic E-state index is 11.9. The largest absolute Gasteiger partial charge is 0.508 e. The van der Waals surface area contributed by atoms with Crippen LogP contribution >= 0.6 is 0 Å². The summed E-state index contributed by atoms with van der Waals surface area (Å²) in [7, 11) is 0. The van der Waals surface area contributed by atoms with E-state index in [4.69, 9.17) is 0 Å². The van der Waals surface area contributed by atoms with Crippen LogP contribution in [-0.2, 0) is 16.0 Å². The molecule has 23 heavy (non-hydrogen) atoms. The van der Waals surface area contributed by atoms with Crippen molar-refractivity contribution in [3.8, 4) is 5.75 Å². The zero-order valence-electron chi connectivity index (χ0n) is 13.0. The Kier molecular flexibility index (Phi) is 5.74. The summed E-state index contributed by atoms with van der Waals surface area (Å²) < 4.78 is 0. The van der Waals surface area contributed by atoms with Crippen LogP contribution in [0.25, 0.3) is 0 Å². The highest BCUT2D eigenvalue weighted by Crippen LogP contribution is 2.15. The third-order valence-corrected chi connectivity index (χ3v) is 3.40. The Labute approximate surface area is 135 Å². The average molecular weight is 312 g/mol. The Morgan fingerprint density at radius 2 is 1.78 bits per heavy atom. The minimum atomic E-state index is -0.748. The fourth-order valence-corrected chi connectivity index (χ4v) is 2.16. The fraction of sp³-hybridized carbons (Fsp3) is 0.222. The second-order valence-corrected chi connectivity index (χ2v) is 5.40. The highest BCUT2D eigenvalue weighted by atomic mass is 16.3. The van der Waals surface area contributed by atoms with E-state index in [-0.39, 0.29) is 11.8 Å².